The average molecular weight is 499 g/mol. The first-order chi connectivity index (χ1) is 18.1. The summed E-state index contributed by atoms with van der Waals surface area (Å²) in [6, 6.07) is 25.9. The van der Waals surface area contributed by atoms with Crippen molar-refractivity contribution in [1.82, 2.24) is 9.80 Å². The summed E-state index contributed by atoms with van der Waals surface area (Å²) in [6.45, 7) is 6.15. The van der Waals surface area contributed by atoms with Crippen LogP contribution in [0.2, 0.25) is 0 Å². The molecule has 1 aliphatic heterocycles. The number of ether oxygens (including phenoxy) is 2. The number of hydrogen-bond acceptors (Lipinski definition) is 5. The molecule has 0 spiro atoms. The van der Waals surface area contributed by atoms with E-state index in [1.165, 1.54) is 22.3 Å². The Hall–Kier alpha value is -3.64. The second kappa shape index (κ2) is 11.2. The molecule has 1 saturated heterocycles. The van der Waals surface area contributed by atoms with Gasteiger partial charge in [0.05, 0.1) is 6.67 Å². The van der Waals surface area contributed by atoms with Crippen LogP contribution in [0.25, 0.3) is 11.1 Å². The molecule has 2 atom stereocenters. The maximum atomic E-state index is 13.1. The van der Waals surface area contributed by atoms with Gasteiger partial charge in [-0.2, -0.15) is 0 Å². The van der Waals surface area contributed by atoms with Gasteiger partial charge in [-0.3, -0.25) is 14.6 Å². The van der Waals surface area contributed by atoms with Gasteiger partial charge in [-0.25, -0.2) is 4.79 Å². The standard InChI is InChI=1S/C31H34N2O4/c1-3-22(2)29(30(34)36-19-23-11-5-4-6-12-23)32-17-18-33(21-32)31(35)37-20-28-26-15-9-7-13-24(26)25-14-8-10-16-27(25)28/h4-16,22,28-29H,3,17-21H2,1-2H3/t22-,29-/m0/s1. The number of carbonyl (C=O) groups is 2. The van der Waals surface area contributed by atoms with Crippen molar-refractivity contribution < 1.29 is 19.1 Å². The number of rotatable bonds is 8. The number of hydrogen-bond donors (Lipinski definition) is 0. The van der Waals surface area contributed by atoms with E-state index < -0.39 is 6.04 Å². The molecule has 1 heterocycles. The second-order valence-corrected chi connectivity index (χ2v) is 9.94. The first-order valence-corrected chi connectivity index (χ1v) is 13.1. The Labute approximate surface area is 218 Å². The molecule has 6 heteroatoms. The van der Waals surface area contributed by atoms with Gasteiger partial charge in [0, 0.05) is 19.0 Å². The highest BCUT2D eigenvalue weighted by atomic mass is 16.6. The summed E-state index contributed by atoms with van der Waals surface area (Å²) in [5.74, 6) is -0.116. The molecular weight excluding hydrogens is 464 g/mol. The molecule has 3 aromatic rings. The molecule has 1 aliphatic carbocycles. The molecule has 2 aliphatic rings. The van der Waals surface area contributed by atoms with E-state index in [4.69, 9.17) is 9.47 Å². The third-order valence-electron chi connectivity index (χ3n) is 7.65. The highest BCUT2D eigenvalue weighted by Crippen LogP contribution is 2.44. The van der Waals surface area contributed by atoms with Crippen LogP contribution in [0.15, 0.2) is 78.9 Å². The number of esters is 1. The SMILES string of the molecule is CC[C@H](C)[C@@H](C(=O)OCc1ccccc1)N1CCN(C(=O)OCC2c3ccccc3-c3ccccc32)C1. The molecule has 1 amide bonds. The van der Waals surface area contributed by atoms with E-state index in [1.807, 2.05) is 59.5 Å². The van der Waals surface area contributed by atoms with E-state index in [2.05, 4.69) is 38.1 Å². The lowest BCUT2D eigenvalue weighted by molar-refractivity contribution is -0.153. The van der Waals surface area contributed by atoms with Crippen LogP contribution in [0.4, 0.5) is 4.79 Å². The van der Waals surface area contributed by atoms with Crippen LogP contribution < -0.4 is 0 Å². The van der Waals surface area contributed by atoms with Gasteiger partial charge in [0.1, 0.15) is 19.3 Å². The number of amides is 1. The van der Waals surface area contributed by atoms with Crippen molar-refractivity contribution >= 4 is 12.1 Å². The number of nitrogens with zero attached hydrogens (tertiary/aromatic N) is 2. The molecule has 0 N–H and O–H groups in total. The molecule has 0 unspecified atom stereocenters. The quantitative estimate of drug-likeness (QED) is 0.375. The van der Waals surface area contributed by atoms with E-state index in [1.54, 1.807) is 4.90 Å². The highest BCUT2D eigenvalue weighted by Gasteiger charge is 2.38. The number of benzene rings is 3. The molecule has 3 aromatic carbocycles. The van der Waals surface area contributed by atoms with Gasteiger partial charge in [0.25, 0.3) is 0 Å². The fourth-order valence-corrected chi connectivity index (χ4v) is 5.45. The minimum atomic E-state index is -0.403. The second-order valence-electron chi connectivity index (χ2n) is 9.94. The van der Waals surface area contributed by atoms with Crippen molar-refractivity contribution in [3.8, 4) is 11.1 Å². The molecule has 37 heavy (non-hydrogen) atoms. The Morgan fingerprint density at radius 3 is 2.14 bits per heavy atom. The van der Waals surface area contributed by atoms with Gasteiger partial charge < -0.3 is 9.47 Å². The van der Waals surface area contributed by atoms with Crippen LogP contribution in [-0.2, 0) is 20.9 Å². The first-order valence-electron chi connectivity index (χ1n) is 13.1. The fraction of sp³-hybridized carbons (Fsp3) is 0.355. The van der Waals surface area contributed by atoms with E-state index in [0.29, 0.717) is 19.8 Å². The maximum absolute atomic E-state index is 13.1. The molecule has 1 fully saturated rings. The Morgan fingerprint density at radius 2 is 1.49 bits per heavy atom. The number of carbonyl (C=O) groups excluding carboxylic acids is 2. The molecule has 192 valence electrons. The van der Waals surface area contributed by atoms with Crippen molar-refractivity contribution in [3.05, 3.63) is 95.6 Å². The summed E-state index contributed by atoms with van der Waals surface area (Å²) in [6.07, 6.45) is 0.497. The summed E-state index contributed by atoms with van der Waals surface area (Å²) in [7, 11) is 0. The van der Waals surface area contributed by atoms with Crippen LogP contribution in [-0.4, -0.2) is 54.3 Å². The first kappa shape index (κ1) is 25.0. The predicted molar refractivity (Wildman–Crippen MR) is 143 cm³/mol. The van der Waals surface area contributed by atoms with Crippen molar-refractivity contribution in [2.24, 2.45) is 5.92 Å². The minimum absolute atomic E-state index is 0.0240. The van der Waals surface area contributed by atoms with Crippen LogP contribution in [0.3, 0.4) is 0 Å². The van der Waals surface area contributed by atoms with Crippen LogP contribution in [0.1, 0.15) is 42.9 Å². The molecular formula is C31H34N2O4. The monoisotopic (exact) mass is 498 g/mol. The van der Waals surface area contributed by atoms with Crippen molar-refractivity contribution in [2.45, 2.75) is 38.8 Å². The van der Waals surface area contributed by atoms with Gasteiger partial charge in [-0.15, -0.1) is 0 Å². The predicted octanol–water partition coefficient (Wildman–Crippen LogP) is 5.67. The normalized spacial score (nSPS) is 16.6. The lowest BCUT2D eigenvalue weighted by Gasteiger charge is -2.30. The molecule has 0 bridgehead atoms. The van der Waals surface area contributed by atoms with E-state index in [-0.39, 0.29) is 37.1 Å². The van der Waals surface area contributed by atoms with Gasteiger partial charge in [-0.1, -0.05) is 99.1 Å². The van der Waals surface area contributed by atoms with Crippen LogP contribution in [0.5, 0.6) is 0 Å². The Morgan fingerprint density at radius 1 is 0.865 bits per heavy atom. The minimum Gasteiger partial charge on any atom is -0.460 e. The smallest absolute Gasteiger partial charge is 0.410 e. The average Bonchev–Trinajstić information content (AvgIpc) is 3.54. The summed E-state index contributed by atoms with van der Waals surface area (Å²) in [5, 5.41) is 0. The lowest BCUT2D eigenvalue weighted by Crippen LogP contribution is -2.46. The Bertz CT molecular complexity index is 1200. The van der Waals surface area contributed by atoms with Crippen molar-refractivity contribution in [1.29, 1.82) is 0 Å². The highest BCUT2D eigenvalue weighted by molar-refractivity contribution is 5.79. The van der Waals surface area contributed by atoms with E-state index in [0.717, 1.165) is 12.0 Å². The summed E-state index contributed by atoms with van der Waals surface area (Å²) >= 11 is 0. The molecule has 6 nitrogen and oxygen atoms in total. The van der Waals surface area contributed by atoms with Gasteiger partial charge in [0.2, 0.25) is 0 Å². The van der Waals surface area contributed by atoms with Crippen LogP contribution >= 0.6 is 0 Å². The lowest BCUT2D eigenvalue weighted by atomic mass is 9.98. The summed E-state index contributed by atoms with van der Waals surface area (Å²) in [4.78, 5) is 29.9. The van der Waals surface area contributed by atoms with Crippen LogP contribution in [0, 0.1) is 5.92 Å². The molecule has 0 radical (unpaired) electrons. The number of fused-ring (bicyclic) bond motifs is 3. The van der Waals surface area contributed by atoms with E-state index in [9.17, 15) is 9.59 Å². The molecule has 0 saturated carbocycles. The van der Waals surface area contributed by atoms with E-state index >= 15 is 0 Å². The molecule has 5 rings (SSSR count). The van der Waals surface area contributed by atoms with Crippen molar-refractivity contribution in [3.63, 3.8) is 0 Å². The Kier molecular flexibility index (Phi) is 7.56. The fourth-order valence-electron chi connectivity index (χ4n) is 5.45. The van der Waals surface area contributed by atoms with Crippen molar-refractivity contribution in [2.75, 3.05) is 26.4 Å². The van der Waals surface area contributed by atoms with Gasteiger partial charge in [-0.05, 0) is 33.7 Å². The van der Waals surface area contributed by atoms with Gasteiger partial charge in [0.15, 0.2) is 0 Å². The maximum Gasteiger partial charge on any atom is 0.410 e. The summed E-state index contributed by atoms with van der Waals surface area (Å²) < 4.78 is 11.5. The topological polar surface area (TPSA) is 59.1 Å². The largest absolute Gasteiger partial charge is 0.460 e. The zero-order valence-corrected chi connectivity index (χ0v) is 21.5. The third-order valence-corrected chi connectivity index (χ3v) is 7.65. The molecule has 0 aromatic heterocycles. The Balaban J connectivity index is 1.21. The summed E-state index contributed by atoms with van der Waals surface area (Å²) in [5.41, 5.74) is 5.75. The zero-order chi connectivity index (χ0) is 25.8. The van der Waals surface area contributed by atoms with Gasteiger partial charge >= 0.3 is 12.1 Å². The zero-order valence-electron chi connectivity index (χ0n) is 21.5. The third kappa shape index (κ3) is 5.25.